The lowest BCUT2D eigenvalue weighted by atomic mass is 10.1. The summed E-state index contributed by atoms with van der Waals surface area (Å²) in [5, 5.41) is 24.3. The Hall–Kier alpha value is -4.21. The zero-order valence-electron chi connectivity index (χ0n) is 20.1. The molecular formula is C24H21F4N7O3S. The summed E-state index contributed by atoms with van der Waals surface area (Å²) in [6, 6.07) is 10.5. The number of anilines is 4. The highest BCUT2D eigenvalue weighted by Gasteiger charge is 2.34. The second-order valence-corrected chi connectivity index (χ2v) is 8.95. The number of amides is 1. The van der Waals surface area contributed by atoms with Crippen molar-refractivity contribution in [2.24, 2.45) is 0 Å². The van der Waals surface area contributed by atoms with E-state index in [9.17, 15) is 27.5 Å². The number of carbonyl (C=O) groups is 1. The van der Waals surface area contributed by atoms with Gasteiger partial charge in [-0.15, -0.1) is 0 Å². The topological polar surface area (TPSA) is 136 Å². The van der Waals surface area contributed by atoms with Crippen molar-refractivity contribution in [3.05, 3.63) is 71.7 Å². The molecule has 0 aliphatic rings. The lowest BCUT2D eigenvalue weighted by Gasteiger charge is -2.20. The minimum atomic E-state index is -4.88. The highest BCUT2D eigenvalue weighted by atomic mass is 32.1. The molecule has 0 aliphatic heterocycles. The zero-order valence-corrected chi connectivity index (χ0v) is 21.0. The van der Waals surface area contributed by atoms with E-state index in [2.05, 4.69) is 30.0 Å². The highest BCUT2D eigenvalue weighted by Crippen LogP contribution is 2.34. The van der Waals surface area contributed by atoms with E-state index >= 15 is 0 Å². The van der Waals surface area contributed by atoms with Crippen LogP contribution in [-0.4, -0.2) is 61.7 Å². The monoisotopic (exact) mass is 563 g/mol. The maximum Gasteiger partial charge on any atom is 0.419 e. The van der Waals surface area contributed by atoms with Crippen LogP contribution in [0.2, 0.25) is 0 Å². The fourth-order valence-corrected chi connectivity index (χ4v) is 4.01. The number of nitrogens with one attached hydrogen (secondary N) is 2. The van der Waals surface area contributed by atoms with Gasteiger partial charge in [0.15, 0.2) is 5.82 Å². The van der Waals surface area contributed by atoms with Gasteiger partial charge < -0.3 is 20.4 Å². The Kier molecular flexibility index (Phi) is 8.32. The van der Waals surface area contributed by atoms with Gasteiger partial charge in [-0.25, -0.2) is 9.37 Å². The van der Waals surface area contributed by atoms with Gasteiger partial charge in [0.2, 0.25) is 11.1 Å². The number of benzene rings is 2. The van der Waals surface area contributed by atoms with E-state index in [-0.39, 0.29) is 34.6 Å². The van der Waals surface area contributed by atoms with Crippen molar-refractivity contribution >= 4 is 40.0 Å². The number of likely N-dealkylation sites (N-methyl/N-ethyl adjacent to an activating group) is 1. The summed E-state index contributed by atoms with van der Waals surface area (Å²) >= 11 is 0.754. The Balaban J connectivity index is 1.50. The molecule has 2 heterocycles. The first-order chi connectivity index (χ1) is 18.5. The maximum absolute atomic E-state index is 13.6. The Morgan fingerprint density at radius 3 is 2.67 bits per heavy atom. The van der Waals surface area contributed by atoms with Crippen molar-refractivity contribution in [2.75, 3.05) is 35.7 Å². The van der Waals surface area contributed by atoms with Gasteiger partial charge in [0.05, 0.1) is 29.5 Å². The Morgan fingerprint density at radius 2 is 1.92 bits per heavy atom. The summed E-state index contributed by atoms with van der Waals surface area (Å²) < 4.78 is 56.8. The minimum absolute atomic E-state index is 0.0241. The van der Waals surface area contributed by atoms with Gasteiger partial charge in [-0.1, -0.05) is 12.1 Å². The van der Waals surface area contributed by atoms with Crippen LogP contribution < -0.4 is 15.5 Å². The first-order valence-corrected chi connectivity index (χ1v) is 12.0. The lowest BCUT2D eigenvalue weighted by Crippen LogP contribution is -2.32. The average Bonchev–Trinajstić information content (AvgIpc) is 3.37. The number of hydrogen-bond donors (Lipinski definition) is 4. The maximum atomic E-state index is 13.6. The van der Waals surface area contributed by atoms with Crippen LogP contribution in [0, 0.1) is 5.82 Å². The molecule has 4 aromatic rings. The predicted molar refractivity (Wildman–Crippen MR) is 136 cm³/mol. The SMILES string of the molecule is CN(CC(O)CO)c1nccc(Nc2ccccc2C(=O)Nc2nc(-c3ccc(F)c(C(F)(F)F)c3)ns2)n1. The van der Waals surface area contributed by atoms with Crippen LogP contribution >= 0.6 is 11.5 Å². The Labute approximate surface area is 223 Å². The van der Waals surface area contributed by atoms with Gasteiger partial charge in [-0.3, -0.25) is 10.1 Å². The number of nitrogens with zero attached hydrogens (tertiary/aromatic N) is 5. The van der Waals surface area contributed by atoms with Crippen molar-refractivity contribution in [1.82, 2.24) is 19.3 Å². The molecule has 39 heavy (non-hydrogen) atoms. The summed E-state index contributed by atoms with van der Waals surface area (Å²) in [6.07, 6.45) is -4.38. The number of aromatic nitrogens is 4. The molecule has 10 nitrogen and oxygen atoms in total. The molecule has 0 saturated heterocycles. The van der Waals surface area contributed by atoms with Gasteiger partial charge in [0.25, 0.3) is 5.91 Å². The quantitative estimate of drug-likeness (QED) is 0.223. The van der Waals surface area contributed by atoms with E-state index in [1.165, 1.54) is 6.20 Å². The molecule has 0 fully saturated rings. The largest absolute Gasteiger partial charge is 0.419 e. The highest BCUT2D eigenvalue weighted by molar-refractivity contribution is 7.10. The summed E-state index contributed by atoms with van der Waals surface area (Å²) in [4.78, 5) is 27.2. The van der Waals surface area contributed by atoms with Crippen LogP contribution in [0.1, 0.15) is 15.9 Å². The number of hydrogen-bond acceptors (Lipinski definition) is 10. The summed E-state index contributed by atoms with van der Waals surface area (Å²) in [6.45, 7) is -0.322. The van der Waals surface area contributed by atoms with Crippen LogP contribution in [0.3, 0.4) is 0 Å². The van der Waals surface area contributed by atoms with E-state index in [0.29, 0.717) is 23.6 Å². The third-order valence-corrected chi connectivity index (χ3v) is 5.92. The van der Waals surface area contributed by atoms with Crippen molar-refractivity contribution in [1.29, 1.82) is 0 Å². The lowest BCUT2D eigenvalue weighted by molar-refractivity contribution is -0.139. The molecule has 1 unspecified atom stereocenters. The van der Waals surface area contributed by atoms with Gasteiger partial charge in [0, 0.05) is 36.9 Å². The standard InChI is InChI=1S/C24H21F4N7O3S/c1-35(11-14(37)12-36)22-29-9-8-19(31-22)30-18-5-3-2-4-15(18)21(38)33-23-32-20(34-39-23)13-6-7-17(25)16(10-13)24(26,27)28/h2-10,14,36-37H,11-12H2,1H3,(H,29,30,31)(H,32,33,34,38). The van der Waals surface area contributed by atoms with Crippen LogP contribution in [-0.2, 0) is 6.18 Å². The van der Waals surface area contributed by atoms with Crippen molar-refractivity contribution in [3.63, 3.8) is 0 Å². The number of rotatable bonds is 9. The van der Waals surface area contributed by atoms with Crippen LogP contribution in [0.4, 0.5) is 40.1 Å². The first kappa shape index (κ1) is 27.8. The molecule has 1 atom stereocenters. The Morgan fingerprint density at radius 1 is 1.15 bits per heavy atom. The summed E-state index contributed by atoms with van der Waals surface area (Å²) in [7, 11) is 1.64. The summed E-state index contributed by atoms with van der Waals surface area (Å²) in [5.41, 5.74) is -0.905. The van der Waals surface area contributed by atoms with Gasteiger partial charge in [-0.05, 0) is 36.4 Å². The molecule has 4 rings (SSSR count). The third kappa shape index (κ3) is 6.81. The fraction of sp³-hybridized carbons (Fsp3) is 0.208. The molecular weight excluding hydrogens is 542 g/mol. The fourth-order valence-electron chi connectivity index (χ4n) is 3.42. The molecule has 15 heteroatoms. The van der Waals surface area contributed by atoms with Crippen molar-refractivity contribution in [2.45, 2.75) is 12.3 Å². The van der Waals surface area contributed by atoms with Crippen molar-refractivity contribution < 1.29 is 32.6 Å². The van der Waals surface area contributed by atoms with E-state index in [0.717, 1.165) is 17.6 Å². The van der Waals surface area contributed by atoms with E-state index in [4.69, 9.17) is 5.11 Å². The second-order valence-electron chi connectivity index (χ2n) is 8.20. The van der Waals surface area contributed by atoms with Crippen LogP contribution in [0.5, 0.6) is 0 Å². The minimum Gasteiger partial charge on any atom is -0.394 e. The summed E-state index contributed by atoms with van der Waals surface area (Å²) in [5.74, 6) is -1.47. The number of alkyl halides is 3. The molecule has 1 amide bonds. The van der Waals surface area contributed by atoms with Gasteiger partial charge in [0.1, 0.15) is 11.6 Å². The van der Waals surface area contributed by atoms with E-state index < -0.39 is 36.2 Å². The Bertz CT molecular complexity index is 1470. The molecule has 2 aromatic carbocycles. The number of para-hydroxylation sites is 1. The molecule has 204 valence electrons. The molecule has 0 saturated carbocycles. The molecule has 2 aromatic heterocycles. The van der Waals surface area contributed by atoms with Gasteiger partial charge >= 0.3 is 6.18 Å². The zero-order chi connectivity index (χ0) is 28.2. The molecule has 0 spiro atoms. The second kappa shape index (κ2) is 11.7. The smallest absolute Gasteiger partial charge is 0.394 e. The predicted octanol–water partition coefficient (Wildman–Crippen LogP) is 3.94. The third-order valence-electron chi connectivity index (χ3n) is 5.29. The molecule has 0 aliphatic carbocycles. The van der Waals surface area contributed by atoms with Crippen LogP contribution in [0.25, 0.3) is 11.4 Å². The number of aliphatic hydroxyl groups excluding tert-OH is 2. The normalized spacial score (nSPS) is 12.2. The van der Waals surface area contributed by atoms with Crippen LogP contribution in [0.15, 0.2) is 54.7 Å². The molecule has 4 N–H and O–H groups in total. The first-order valence-electron chi connectivity index (χ1n) is 11.3. The average molecular weight is 564 g/mol. The van der Waals surface area contributed by atoms with E-state index in [1.54, 1.807) is 42.3 Å². The van der Waals surface area contributed by atoms with Gasteiger partial charge in [-0.2, -0.15) is 27.5 Å². The van der Waals surface area contributed by atoms with Crippen molar-refractivity contribution in [3.8, 4) is 11.4 Å². The van der Waals surface area contributed by atoms with E-state index in [1.807, 2.05) is 0 Å². The number of halogens is 4. The number of carbonyl (C=O) groups excluding carboxylic acids is 1. The molecule has 0 bridgehead atoms. The number of aliphatic hydroxyl groups is 2. The molecule has 0 radical (unpaired) electrons.